The summed E-state index contributed by atoms with van der Waals surface area (Å²) < 4.78 is 28.2. The minimum Gasteiger partial charge on any atom is -0.462 e. The van der Waals surface area contributed by atoms with E-state index in [1.807, 2.05) is 6.07 Å². The molecule has 0 atom stereocenters. The summed E-state index contributed by atoms with van der Waals surface area (Å²) in [7, 11) is -3.23. The Morgan fingerprint density at radius 1 is 1.36 bits per heavy atom. The number of rotatable bonds is 5. The van der Waals surface area contributed by atoms with E-state index < -0.39 is 9.84 Å². The molecule has 0 aliphatic carbocycles. The van der Waals surface area contributed by atoms with Crippen LogP contribution in [0.2, 0.25) is 0 Å². The third-order valence-electron chi connectivity index (χ3n) is 2.98. The molecule has 2 rings (SSSR count). The van der Waals surface area contributed by atoms with E-state index in [1.54, 1.807) is 32.0 Å². The van der Waals surface area contributed by atoms with Gasteiger partial charge in [0.05, 0.1) is 22.2 Å². The smallest absolute Gasteiger partial charge is 0.350 e. The Balaban J connectivity index is 2.25. The zero-order valence-corrected chi connectivity index (χ0v) is 14.3. The second-order valence-corrected chi connectivity index (χ2v) is 7.94. The van der Waals surface area contributed by atoms with Crippen LogP contribution in [0.5, 0.6) is 0 Å². The van der Waals surface area contributed by atoms with Gasteiger partial charge in [0.2, 0.25) is 0 Å². The van der Waals surface area contributed by atoms with Gasteiger partial charge in [-0.25, -0.2) is 18.2 Å². The van der Waals surface area contributed by atoms with Crippen LogP contribution in [0.4, 0.5) is 0 Å². The average molecular weight is 339 g/mol. The Kier molecular flexibility index (Phi) is 4.97. The molecule has 0 saturated heterocycles. The van der Waals surface area contributed by atoms with Crippen molar-refractivity contribution in [1.82, 2.24) is 4.98 Å². The summed E-state index contributed by atoms with van der Waals surface area (Å²) in [5.41, 5.74) is 1.48. The van der Waals surface area contributed by atoms with Crippen molar-refractivity contribution in [3.8, 4) is 0 Å². The lowest BCUT2D eigenvalue weighted by Crippen LogP contribution is -2.03. The van der Waals surface area contributed by atoms with E-state index in [9.17, 15) is 13.2 Å². The normalized spacial score (nSPS) is 11.4. The van der Waals surface area contributed by atoms with Crippen molar-refractivity contribution in [1.29, 1.82) is 0 Å². The highest BCUT2D eigenvalue weighted by Gasteiger charge is 2.17. The van der Waals surface area contributed by atoms with E-state index in [4.69, 9.17) is 4.74 Å². The third-order valence-corrected chi connectivity index (χ3v) is 5.23. The predicted molar refractivity (Wildman–Crippen MR) is 85.2 cm³/mol. The third kappa shape index (κ3) is 3.92. The molecule has 0 spiro atoms. The van der Waals surface area contributed by atoms with E-state index >= 15 is 0 Å². The molecule has 22 heavy (non-hydrogen) atoms. The molecule has 118 valence electrons. The van der Waals surface area contributed by atoms with Crippen LogP contribution in [0.25, 0.3) is 0 Å². The average Bonchev–Trinajstić information content (AvgIpc) is 2.79. The van der Waals surface area contributed by atoms with Crippen molar-refractivity contribution in [2.24, 2.45) is 0 Å². The summed E-state index contributed by atoms with van der Waals surface area (Å²) in [5.74, 6) is -0.367. The summed E-state index contributed by atoms with van der Waals surface area (Å²) in [6.07, 6.45) is 1.66. The number of ether oxygens (including phenoxy) is 1. The number of carbonyl (C=O) groups excluding carboxylic acids is 1. The quantitative estimate of drug-likeness (QED) is 0.783. The first-order valence-electron chi connectivity index (χ1n) is 6.73. The van der Waals surface area contributed by atoms with E-state index in [0.29, 0.717) is 23.6 Å². The van der Waals surface area contributed by atoms with Gasteiger partial charge in [-0.15, -0.1) is 11.3 Å². The van der Waals surface area contributed by atoms with Crippen LogP contribution in [-0.2, 0) is 21.0 Å². The van der Waals surface area contributed by atoms with Gasteiger partial charge in [0.15, 0.2) is 9.84 Å². The number of nitrogens with zero attached hydrogens (tertiary/aromatic N) is 1. The molecule has 1 aromatic heterocycles. The lowest BCUT2D eigenvalue weighted by Gasteiger charge is -2.02. The van der Waals surface area contributed by atoms with E-state index in [2.05, 4.69) is 4.98 Å². The number of carbonyl (C=O) groups is 1. The molecule has 0 amide bonds. The molecule has 2 aromatic rings. The standard InChI is InChI=1S/C15H17NO4S2/c1-4-20-15(17)14-10(2)16-13(21-14)9-11-6-5-7-12(8-11)22(3,18)19/h5-8H,4,9H2,1-3H3. The second kappa shape index (κ2) is 6.58. The van der Waals surface area contributed by atoms with Gasteiger partial charge in [-0.3, -0.25) is 0 Å². The van der Waals surface area contributed by atoms with Crippen LogP contribution in [0, 0.1) is 6.92 Å². The second-order valence-electron chi connectivity index (χ2n) is 4.84. The van der Waals surface area contributed by atoms with Crippen molar-refractivity contribution < 1.29 is 17.9 Å². The molecular formula is C15H17NO4S2. The molecule has 0 fully saturated rings. The van der Waals surface area contributed by atoms with Gasteiger partial charge in [-0.05, 0) is 31.5 Å². The van der Waals surface area contributed by atoms with Gasteiger partial charge in [0, 0.05) is 12.7 Å². The highest BCUT2D eigenvalue weighted by Crippen LogP contribution is 2.22. The maximum Gasteiger partial charge on any atom is 0.350 e. The molecule has 0 unspecified atom stereocenters. The van der Waals surface area contributed by atoms with Crippen LogP contribution in [0.3, 0.4) is 0 Å². The van der Waals surface area contributed by atoms with Crippen LogP contribution in [0.1, 0.15) is 32.9 Å². The minimum atomic E-state index is -3.23. The Morgan fingerprint density at radius 2 is 2.09 bits per heavy atom. The molecule has 0 N–H and O–H groups in total. The number of aromatic nitrogens is 1. The molecule has 0 bridgehead atoms. The van der Waals surface area contributed by atoms with Gasteiger partial charge in [-0.1, -0.05) is 12.1 Å². The molecule has 1 heterocycles. The Bertz CT molecular complexity index is 794. The van der Waals surface area contributed by atoms with Crippen LogP contribution < -0.4 is 0 Å². The van der Waals surface area contributed by atoms with Gasteiger partial charge in [-0.2, -0.15) is 0 Å². The largest absolute Gasteiger partial charge is 0.462 e. The number of hydrogen-bond donors (Lipinski definition) is 0. The summed E-state index contributed by atoms with van der Waals surface area (Å²) in [4.78, 5) is 16.9. The van der Waals surface area contributed by atoms with Crippen LogP contribution >= 0.6 is 11.3 Å². The fourth-order valence-electron chi connectivity index (χ4n) is 1.97. The van der Waals surface area contributed by atoms with Crippen molar-refractivity contribution in [2.75, 3.05) is 12.9 Å². The van der Waals surface area contributed by atoms with E-state index in [1.165, 1.54) is 17.6 Å². The zero-order valence-electron chi connectivity index (χ0n) is 12.6. The van der Waals surface area contributed by atoms with Crippen molar-refractivity contribution in [2.45, 2.75) is 25.2 Å². The minimum absolute atomic E-state index is 0.281. The summed E-state index contributed by atoms with van der Waals surface area (Å²) in [5, 5.41) is 0.756. The molecule has 1 aromatic carbocycles. The highest BCUT2D eigenvalue weighted by atomic mass is 32.2. The summed E-state index contributed by atoms with van der Waals surface area (Å²) in [6.45, 7) is 3.84. The Hall–Kier alpha value is -1.73. The van der Waals surface area contributed by atoms with Crippen molar-refractivity contribution in [3.63, 3.8) is 0 Å². The highest BCUT2D eigenvalue weighted by molar-refractivity contribution is 7.90. The predicted octanol–water partition coefficient (Wildman–Crippen LogP) is 2.62. The van der Waals surface area contributed by atoms with Crippen LogP contribution in [-0.4, -0.2) is 32.2 Å². The van der Waals surface area contributed by atoms with Gasteiger partial charge < -0.3 is 4.74 Å². The SMILES string of the molecule is CCOC(=O)c1sc(Cc2cccc(S(C)(=O)=O)c2)nc1C. The summed E-state index contributed by atoms with van der Waals surface area (Å²) in [6, 6.07) is 6.75. The molecule has 0 aliphatic heterocycles. The monoisotopic (exact) mass is 339 g/mol. The van der Waals surface area contributed by atoms with Gasteiger partial charge in [0.25, 0.3) is 0 Å². The fraction of sp³-hybridized carbons (Fsp3) is 0.333. The van der Waals surface area contributed by atoms with Crippen LogP contribution in [0.15, 0.2) is 29.2 Å². The number of sulfone groups is 1. The first-order valence-corrected chi connectivity index (χ1v) is 9.44. The number of thiazole rings is 1. The van der Waals surface area contributed by atoms with Crippen molar-refractivity contribution in [3.05, 3.63) is 45.4 Å². The molecule has 0 radical (unpaired) electrons. The van der Waals surface area contributed by atoms with E-state index in [-0.39, 0.29) is 10.9 Å². The maximum atomic E-state index is 11.8. The molecule has 0 aliphatic rings. The Morgan fingerprint density at radius 3 is 2.73 bits per heavy atom. The van der Waals surface area contributed by atoms with Gasteiger partial charge in [0.1, 0.15) is 4.88 Å². The number of esters is 1. The maximum absolute atomic E-state index is 11.8. The van der Waals surface area contributed by atoms with Crippen molar-refractivity contribution >= 4 is 27.1 Å². The first-order chi connectivity index (χ1) is 10.3. The summed E-state index contributed by atoms with van der Waals surface area (Å²) >= 11 is 1.28. The molecule has 5 nitrogen and oxygen atoms in total. The topological polar surface area (TPSA) is 73.3 Å². The van der Waals surface area contributed by atoms with E-state index in [0.717, 1.165) is 10.6 Å². The lowest BCUT2D eigenvalue weighted by molar-refractivity contribution is 0.0531. The lowest BCUT2D eigenvalue weighted by atomic mass is 10.2. The number of hydrogen-bond acceptors (Lipinski definition) is 6. The number of benzene rings is 1. The molecular weight excluding hydrogens is 322 g/mol. The molecule has 0 saturated carbocycles. The Labute approximate surface area is 133 Å². The fourth-order valence-corrected chi connectivity index (χ4v) is 3.66. The van der Waals surface area contributed by atoms with Gasteiger partial charge >= 0.3 is 5.97 Å². The zero-order chi connectivity index (χ0) is 16.3. The molecule has 7 heteroatoms. The first kappa shape index (κ1) is 16.6. The number of aryl methyl sites for hydroxylation is 1.